The number of hydrogen-bond donors (Lipinski definition) is 1. The summed E-state index contributed by atoms with van der Waals surface area (Å²) in [5.41, 5.74) is 2.23. The molecule has 1 aromatic heterocycles. The highest BCUT2D eigenvalue weighted by molar-refractivity contribution is 7.89. The number of fused-ring (bicyclic) bond motifs is 1. The van der Waals surface area contributed by atoms with E-state index in [1.54, 1.807) is 23.9 Å². The fraction of sp³-hybridized carbons (Fsp3) is 0.278. The minimum Gasteiger partial charge on any atom is -0.494 e. The second-order valence-electron chi connectivity index (χ2n) is 5.98. The van der Waals surface area contributed by atoms with Crippen molar-refractivity contribution in [2.24, 2.45) is 0 Å². The van der Waals surface area contributed by atoms with Crippen LogP contribution in [0.2, 0.25) is 0 Å². The van der Waals surface area contributed by atoms with Crippen LogP contribution in [0, 0.1) is 5.82 Å². The van der Waals surface area contributed by atoms with Gasteiger partial charge in [0.15, 0.2) is 11.6 Å². The molecule has 0 amide bonds. The van der Waals surface area contributed by atoms with Gasteiger partial charge in [0.1, 0.15) is 0 Å². The molecule has 0 saturated heterocycles. The number of para-hydroxylation sites is 2. The van der Waals surface area contributed by atoms with E-state index in [9.17, 15) is 12.8 Å². The van der Waals surface area contributed by atoms with E-state index in [0.29, 0.717) is 5.56 Å². The van der Waals surface area contributed by atoms with Gasteiger partial charge in [0.25, 0.3) is 0 Å². The Kier molecular flexibility index (Phi) is 5.24. The Morgan fingerprint density at radius 2 is 2.04 bits per heavy atom. The van der Waals surface area contributed by atoms with Crippen molar-refractivity contribution in [3.8, 4) is 5.75 Å². The van der Waals surface area contributed by atoms with Crippen LogP contribution in [0.4, 0.5) is 4.39 Å². The maximum absolute atomic E-state index is 13.8. The monoisotopic (exact) mass is 377 g/mol. The van der Waals surface area contributed by atoms with E-state index >= 15 is 0 Å². The highest BCUT2D eigenvalue weighted by Crippen LogP contribution is 2.22. The average molecular weight is 377 g/mol. The lowest BCUT2D eigenvalue weighted by Crippen LogP contribution is -2.30. The molecule has 1 atom stereocenters. The van der Waals surface area contributed by atoms with Crippen molar-refractivity contribution in [2.45, 2.75) is 19.5 Å². The third-order valence-electron chi connectivity index (χ3n) is 4.16. The predicted molar refractivity (Wildman–Crippen MR) is 98.0 cm³/mol. The van der Waals surface area contributed by atoms with Crippen LogP contribution in [-0.2, 0) is 16.6 Å². The minimum absolute atomic E-state index is 0.101. The van der Waals surface area contributed by atoms with E-state index in [2.05, 4.69) is 9.71 Å². The Hall–Kier alpha value is -2.45. The summed E-state index contributed by atoms with van der Waals surface area (Å²) in [6, 6.07) is 11.4. The lowest BCUT2D eigenvalue weighted by atomic mass is 10.1. The van der Waals surface area contributed by atoms with E-state index in [-0.39, 0.29) is 18.0 Å². The molecule has 26 heavy (non-hydrogen) atoms. The topological polar surface area (TPSA) is 73.2 Å². The van der Waals surface area contributed by atoms with E-state index in [1.807, 2.05) is 24.3 Å². The van der Waals surface area contributed by atoms with Crippen LogP contribution < -0.4 is 9.46 Å². The number of halogens is 1. The third-order valence-corrected chi connectivity index (χ3v) is 5.59. The first-order valence-corrected chi connectivity index (χ1v) is 9.78. The van der Waals surface area contributed by atoms with Gasteiger partial charge < -0.3 is 9.30 Å². The quantitative estimate of drug-likeness (QED) is 0.687. The van der Waals surface area contributed by atoms with E-state index in [0.717, 1.165) is 11.0 Å². The van der Waals surface area contributed by atoms with Crippen molar-refractivity contribution in [1.29, 1.82) is 0 Å². The van der Waals surface area contributed by atoms with Gasteiger partial charge in [0.05, 0.1) is 30.2 Å². The van der Waals surface area contributed by atoms with Gasteiger partial charge in [-0.15, -0.1) is 0 Å². The second-order valence-corrected chi connectivity index (χ2v) is 7.85. The number of ether oxygens (including phenoxy) is 1. The molecule has 8 heteroatoms. The van der Waals surface area contributed by atoms with Crippen molar-refractivity contribution >= 4 is 21.1 Å². The molecular weight excluding hydrogens is 357 g/mol. The highest BCUT2D eigenvalue weighted by atomic mass is 32.2. The Labute approximate surface area is 151 Å². The van der Waals surface area contributed by atoms with Gasteiger partial charge >= 0.3 is 0 Å². The van der Waals surface area contributed by atoms with Crippen LogP contribution in [0.5, 0.6) is 5.75 Å². The first-order chi connectivity index (χ1) is 12.4. The number of aromatic nitrogens is 2. The summed E-state index contributed by atoms with van der Waals surface area (Å²) in [6.07, 6.45) is 1.63. The Balaban J connectivity index is 1.67. The fourth-order valence-electron chi connectivity index (χ4n) is 2.76. The second kappa shape index (κ2) is 7.43. The summed E-state index contributed by atoms with van der Waals surface area (Å²) < 4.78 is 47.8. The number of nitrogens with one attached hydrogen (secondary N) is 1. The maximum atomic E-state index is 13.8. The molecule has 0 aliphatic heterocycles. The molecular formula is C18H20FN3O3S. The van der Waals surface area contributed by atoms with Crippen LogP contribution in [0.25, 0.3) is 11.0 Å². The van der Waals surface area contributed by atoms with Gasteiger partial charge in [-0.25, -0.2) is 22.5 Å². The molecule has 0 bridgehead atoms. The van der Waals surface area contributed by atoms with Crippen LogP contribution in [0.15, 0.2) is 48.8 Å². The number of hydrogen-bond acceptors (Lipinski definition) is 4. The van der Waals surface area contributed by atoms with E-state index in [4.69, 9.17) is 4.74 Å². The molecule has 0 aliphatic carbocycles. The molecule has 0 unspecified atom stereocenters. The summed E-state index contributed by atoms with van der Waals surface area (Å²) in [7, 11) is -2.18. The van der Waals surface area contributed by atoms with Crippen molar-refractivity contribution < 1.29 is 17.5 Å². The molecule has 1 N–H and O–H groups in total. The average Bonchev–Trinajstić information content (AvgIpc) is 3.03. The zero-order chi connectivity index (χ0) is 18.7. The summed E-state index contributed by atoms with van der Waals surface area (Å²) >= 11 is 0. The van der Waals surface area contributed by atoms with Gasteiger partial charge in [0, 0.05) is 12.6 Å². The van der Waals surface area contributed by atoms with Crippen molar-refractivity contribution in [2.75, 3.05) is 12.9 Å². The van der Waals surface area contributed by atoms with Crippen molar-refractivity contribution in [3.05, 3.63) is 60.2 Å². The fourth-order valence-corrected chi connectivity index (χ4v) is 3.98. The molecule has 0 fully saturated rings. The number of nitrogens with zero attached hydrogens (tertiary/aromatic N) is 2. The molecule has 0 aliphatic rings. The van der Waals surface area contributed by atoms with Crippen LogP contribution in [0.3, 0.4) is 0 Å². The zero-order valence-electron chi connectivity index (χ0n) is 14.5. The van der Waals surface area contributed by atoms with Gasteiger partial charge in [0.2, 0.25) is 10.0 Å². The molecule has 1 heterocycles. The summed E-state index contributed by atoms with van der Waals surface area (Å²) in [5.74, 6) is -0.507. The van der Waals surface area contributed by atoms with Crippen molar-refractivity contribution in [3.63, 3.8) is 0 Å². The Morgan fingerprint density at radius 1 is 1.27 bits per heavy atom. The molecule has 3 rings (SSSR count). The van der Waals surface area contributed by atoms with Gasteiger partial charge in [-0.2, -0.15) is 0 Å². The highest BCUT2D eigenvalue weighted by Gasteiger charge is 2.17. The van der Waals surface area contributed by atoms with Crippen LogP contribution in [-0.4, -0.2) is 30.8 Å². The SMILES string of the molecule is COc1ccc([C@H](C)NS(=O)(=O)CCn2cnc3ccccc32)cc1F. The lowest BCUT2D eigenvalue weighted by molar-refractivity contribution is 0.386. The number of benzene rings is 2. The Morgan fingerprint density at radius 3 is 2.77 bits per heavy atom. The third kappa shape index (κ3) is 4.03. The summed E-state index contributed by atoms with van der Waals surface area (Å²) in [4.78, 5) is 4.25. The predicted octanol–water partition coefficient (Wildman–Crippen LogP) is 2.86. The number of imidazole rings is 1. The normalized spacial score (nSPS) is 13.0. The lowest BCUT2D eigenvalue weighted by Gasteiger charge is -2.16. The van der Waals surface area contributed by atoms with Crippen molar-refractivity contribution in [1.82, 2.24) is 14.3 Å². The smallest absolute Gasteiger partial charge is 0.213 e. The van der Waals surface area contributed by atoms with Gasteiger partial charge in [-0.05, 0) is 36.8 Å². The summed E-state index contributed by atoms with van der Waals surface area (Å²) in [6.45, 7) is 1.95. The molecule has 6 nitrogen and oxygen atoms in total. The Bertz CT molecular complexity index is 1020. The molecule has 138 valence electrons. The number of sulfonamides is 1. The molecule has 2 aromatic carbocycles. The van der Waals surface area contributed by atoms with Crippen LogP contribution in [0.1, 0.15) is 18.5 Å². The molecule has 0 spiro atoms. The molecule has 0 radical (unpaired) electrons. The maximum Gasteiger partial charge on any atom is 0.213 e. The number of rotatable bonds is 7. The first-order valence-electron chi connectivity index (χ1n) is 8.13. The van der Waals surface area contributed by atoms with Crippen LogP contribution >= 0.6 is 0 Å². The molecule has 3 aromatic rings. The standard InChI is InChI=1S/C18H20FN3O3S/c1-13(14-7-8-18(25-2)15(19)11-14)21-26(23,24)10-9-22-12-20-16-5-3-4-6-17(16)22/h3-8,11-13,21H,9-10H2,1-2H3/t13-/m0/s1. The number of methoxy groups -OCH3 is 1. The van der Waals surface area contributed by atoms with E-state index < -0.39 is 21.9 Å². The number of aryl methyl sites for hydroxylation is 1. The zero-order valence-corrected chi connectivity index (χ0v) is 15.3. The minimum atomic E-state index is -3.55. The molecule has 0 saturated carbocycles. The first kappa shape index (κ1) is 18.3. The van der Waals surface area contributed by atoms with Gasteiger partial charge in [-0.1, -0.05) is 18.2 Å². The van der Waals surface area contributed by atoms with Gasteiger partial charge in [-0.3, -0.25) is 0 Å². The van der Waals surface area contributed by atoms with E-state index in [1.165, 1.54) is 19.2 Å². The summed E-state index contributed by atoms with van der Waals surface area (Å²) in [5, 5.41) is 0. The largest absolute Gasteiger partial charge is 0.494 e.